The highest BCUT2D eigenvalue weighted by Crippen LogP contribution is 2.38. The maximum atomic E-state index is 13.5. The number of halogens is 1. The maximum Gasteiger partial charge on any atom is 0.304 e. The first-order chi connectivity index (χ1) is 9.06. The van der Waals surface area contributed by atoms with Crippen LogP contribution < -0.4 is 0 Å². The van der Waals surface area contributed by atoms with Crippen molar-refractivity contribution >= 4 is 11.6 Å². The average Bonchev–Trinajstić information content (AvgIpc) is 2.99. The van der Waals surface area contributed by atoms with E-state index in [0.717, 1.165) is 37.9 Å². The van der Waals surface area contributed by atoms with Gasteiger partial charge in [-0.1, -0.05) is 0 Å². The van der Waals surface area contributed by atoms with Crippen LogP contribution in [0.25, 0.3) is 0 Å². The normalized spacial score (nSPS) is 24.8. The first-order valence-electron chi connectivity index (χ1n) is 6.31. The summed E-state index contributed by atoms with van der Waals surface area (Å²) in [5.74, 6) is -0.613. The number of amides is 1. The van der Waals surface area contributed by atoms with Crippen molar-refractivity contribution in [3.05, 3.63) is 39.7 Å². The van der Waals surface area contributed by atoms with Gasteiger partial charge in [0.25, 0.3) is 5.91 Å². The molecule has 3 rings (SSSR count). The molecule has 6 heteroatoms. The first kappa shape index (κ1) is 12.1. The topological polar surface area (TPSA) is 63.4 Å². The fourth-order valence-electron chi connectivity index (χ4n) is 3.13. The standard InChI is InChI=1S/C13H13FN2O3/c14-11-6-9(2-4-12(11)16(18)19)13(17)15-7-8-1-3-10(15)5-8/h2,4,6,8,10H,1,3,5,7H2. The van der Waals surface area contributed by atoms with E-state index in [2.05, 4.69) is 0 Å². The Morgan fingerprint density at radius 3 is 2.74 bits per heavy atom. The molecule has 2 atom stereocenters. The minimum Gasteiger partial charge on any atom is -0.335 e. The highest BCUT2D eigenvalue weighted by molar-refractivity contribution is 5.95. The smallest absolute Gasteiger partial charge is 0.304 e. The molecule has 2 bridgehead atoms. The van der Waals surface area contributed by atoms with E-state index in [1.807, 2.05) is 0 Å². The molecule has 1 saturated heterocycles. The van der Waals surface area contributed by atoms with Gasteiger partial charge in [-0.25, -0.2) is 0 Å². The average molecular weight is 264 g/mol. The van der Waals surface area contributed by atoms with Gasteiger partial charge in [0.05, 0.1) is 4.92 Å². The zero-order valence-electron chi connectivity index (χ0n) is 10.2. The molecular formula is C13H13FN2O3. The van der Waals surface area contributed by atoms with Crippen molar-refractivity contribution in [2.24, 2.45) is 5.92 Å². The second-order valence-corrected chi connectivity index (χ2v) is 5.21. The van der Waals surface area contributed by atoms with E-state index in [1.54, 1.807) is 4.90 Å². The number of nitro groups is 1. The molecule has 2 fully saturated rings. The molecule has 1 aliphatic carbocycles. The van der Waals surface area contributed by atoms with Crippen LogP contribution in [-0.2, 0) is 0 Å². The monoisotopic (exact) mass is 264 g/mol. The van der Waals surface area contributed by atoms with Crippen LogP contribution in [0, 0.1) is 21.8 Å². The fourth-order valence-corrected chi connectivity index (χ4v) is 3.13. The Kier molecular flexibility index (Phi) is 2.73. The Balaban J connectivity index is 1.84. The van der Waals surface area contributed by atoms with Gasteiger partial charge in [-0.05, 0) is 37.3 Å². The first-order valence-corrected chi connectivity index (χ1v) is 6.31. The van der Waals surface area contributed by atoms with E-state index < -0.39 is 16.4 Å². The minimum atomic E-state index is -0.958. The van der Waals surface area contributed by atoms with Crippen molar-refractivity contribution < 1.29 is 14.1 Å². The van der Waals surface area contributed by atoms with Crippen LogP contribution in [-0.4, -0.2) is 28.3 Å². The van der Waals surface area contributed by atoms with Crippen LogP contribution in [0.3, 0.4) is 0 Å². The molecule has 19 heavy (non-hydrogen) atoms. The summed E-state index contributed by atoms with van der Waals surface area (Å²) in [5, 5.41) is 10.5. The van der Waals surface area contributed by atoms with Crippen molar-refractivity contribution in [2.75, 3.05) is 6.54 Å². The van der Waals surface area contributed by atoms with E-state index in [-0.39, 0.29) is 17.5 Å². The quantitative estimate of drug-likeness (QED) is 0.608. The van der Waals surface area contributed by atoms with Gasteiger partial charge in [-0.2, -0.15) is 4.39 Å². The lowest BCUT2D eigenvalue weighted by atomic mass is 10.1. The Morgan fingerprint density at radius 1 is 1.42 bits per heavy atom. The van der Waals surface area contributed by atoms with E-state index in [9.17, 15) is 19.3 Å². The predicted molar refractivity (Wildman–Crippen MR) is 65.2 cm³/mol. The minimum absolute atomic E-state index is 0.190. The molecule has 5 nitrogen and oxygen atoms in total. The highest BCUT2D eigenvalue weighted by atomic mass is 19.1. The van der Waals surface area contributed by atoms with E-state index >= 15 is 0 Å². The van der Waals surface area contributed by atoms with E-state index in [4.69, 9.17) is 0 Å². The summed E-state index contributed by atoms with van der Waals surface area (Å²) in [7, 11) is 0. The van der Waals surface area contributed by atoms with Crippen molar-refractivity contribution in [2.45, 2.75) is 25.3 Å². The van der Waals surface area contributed by atoms with Gasteiger partial charge in [0.15, 0.2) is 0 Å². The molecule has 1 aliphatic heterocycles. The molecule has 1 heterocycles. The molecule has 0 aromatic heterocycles. The summed E-state index contributed by atoms with van der Waals surface area (Å²) in [6.07, 6.45) is 3.19. The zero-order chi connectivity index (χ0) is 13.6. The number of benzene rings is 1. The fraction of sp³-hybridized carbons (Fsp3) is 0.462. The second-order valence-electron chi connectivity index (χ2n) is 5.21. The summed E-state index contributed by atoms with van der Waals surface area (Å²) in [4.78, 5) is 23.8. The SMILES string of the molecule is O=C(c1ccc([N+](=O)[O-])c(F)c1)N1CC2CCC1C2. The lowest BCUT2D eigenvalue weighted by Gasteiger charge is -2.27. The molecule has 0 spiro atoms. The van der Waals surface area contributed by atoms with Crippen molar-refractivity contribution in [1.29, 1.82) is 0 Å². The van der Waals surface area contributed by atoms with Gasteiger partial charge in [0.2, 0.25) is 5.82 Å². The number of carbonyl (C=O) groups excluding carboxylic acids is 1. The van der Waals surface area contributed by atoms with Crippen LogP contribution in [0.5, 0.6) is 0 Å². The summed E-state index contributed by atoms with van der Waals surface area (Å²) < 4.78 is 13.5. The van der Waals surface area contributed by atoms with Gasteiger partial charge in [0, 0.05) is 24.2 Å². The largest absolute Gasteiger partial charge is 0.335 e. The van der Waals surface area contributed by atoms with Crippen LogP contribution in [0.1, 0.15) is 29.6 Å². The molecule has 0 radical (unpaired) electrons. The van der Waals surface area contributed by atoms with Crippen molar-refractivity contribution in [1.82, 2.24) is 4.90 Å². The lowest BCUT2D eigenvalue weighted by Crippen LogP contribution is -2.37. The molecule has 1 saturated carbocycles. The van der Waals surface area contributed by atoms with E-state index in [0.29, 0.717) is 5.92 Å². The van der Waals surface area contributed by atoms with Gasteiger partial charge < -0.3 is 4.90 Å². The second kappa shape index (κ2) is 4.29. The van der Waals surface area contributed by atoms with Crippen LogP contribution in [0.4, 0.5) is 10.1 Å². The van der Waals surface area contributed by atoms with Gasteiger partial charge in [-0.15, -0.1) is 0 Å². The Morgan fingerprint density at radius 2 is 2.21 bits per heavy atom. The summed E-state index contributed by atoms with van der Waals surface area (Å²) in [5.41, 5.74) is -0.407. The number of hydrogen-bond acceptors (Lipinski definition) is 3. The third kappa shape index (κ3) is 1.97. The number of likely N-dealkylation sites (tertiary alicyclic amines) is 1. The van der Waals surface area contributed by atoms with Crippen molar-refractivity contribution in [3.63, 3.8) is 0 Å². The molecule has 0 N–H and O–H groups in total. The molecule has 2 aliphatic rings. The summed E-state index contributed by atoms with van der Waals surface area (Å²) >= 11 is 0. The molecule has 1 aromatic carbocycles. The molecule has 1 amide bonds. The Labute approximate surface area is 109 Å². The van der Waals surface area contributed by atoms with Gasteiger partial charge >= 0.3 is 5.69 Å². The number of hydrogen-bond donors (Lipinski definition) is 0. The molecular weight excluding hydrogens is 251 g/mol. The summed E-state index contributed by atoms with van der Waals surface area (Å²) in [6.45, 7) is 0.724. The molecule has 2 unspecified atom stereocenters. The van der Waals surface area contributed by atoms with Crippen LogP contribution >= 0.6 is 0 Å². The number of fused-ring (bicyclic) bond motifs is 2. The lowest BCUT2D eigenvalue weighted by molar-refractivity contribution is -0.387. The van der Waals surface area contributed by atoms with Crippen LogP contribution in [0.15, 0.2) is 18.2 Å². The highest BCUT2D eigenvalue weighted by Gasteiger charge is 2.40. The number of carbonyl (C=O) groups is 1. The molecule has 100 valence electrons. The number of nitro benzene ring substituents is 1. The third-order valence-corrected chi connectivity index (χ3v) is 4.06. The number of piperidine rings is 1. The summed E-state index contributed by atoms with van der Waals surface area (Å²) in [6, 6.07) is 3.61. The number of nitrogens with zero attached hydrogens (tertiary/aromatic N) is 2. The van der Waals surface area contributed by atoms with Gasteiger partial charge in [-0.3, -0.25) is 14.9 Å². The van der Waals surface area contributed by atoms with Gasteiger partial charge in [0.1, 0.15) is 0 Å². The van der Waals surface area contributed by atoms with E-state index in [1.165, 1.54) is 6.07 Å². The predicted octanol–water partition coefficient (Wildman–Crippen LogP) is 2.36. The van der Waals surface area contributed by atoms with Crippen molar-refractivity contribution in [3.8, 4) is 0 Å². The Hall–Kier alpha value is -1.98. The molecule has 1 aromatic rings. The third-order valence-electron chi connectivity index (χ3n) is 4.06. The zero-order valence-corrected chi connectivity index (χ0v) is 10.2. The maximum absolute atomic E-state index is 13.5. The van der Waals surface area contributed by atoms with Crippen LogP contribution in [0.2, 0.25) is 0 Å². The number of rotatable bonds is 2. The Bertz CT molecular complexity index is 561.